The van der Waals surface area contributed by atoms with Crippen LogP contribution in [-0.2, 0) is 22.6 Å². The maximum Gasteiger partial charge on any atom is 0.434 e. The third-order valence-electron chi connectivity index (χ3n) is 2.46. The lowest BCUT2D eigenvalue weighted by Gasteiger charge is -2.10. The van der Waals surface area contributed by atoms with E-state index in [2.05, 4.69) is 20.6 Å². The number of nitrogens with zero attached hydrogens (tertiary/aromatic N) is 2. The molecular formula is C11H17F3N4O2S2. The molecule has 0 amide bonds. The second kappa shape index (κ2) is 7.77. The summed E-state index contributed by atoms with van der Waals surface area (Å²) in [6.45, 7) is 0.491. The van der Waals surface area contributed by atoms with Crippen LogP contribution in [0.15, 0.2) is 10.4 Å². The van der Waals surface area contributed by atoms with Crippen LogP contribution < -0.4 is 10.6 Å². The third kappa shape index (κ3) is 7.07. The van der Waals surface area contributed by atoms with Crippen LogP contribution in [0.25, 0.3) is 0 Å². The normalized spacial score (nSPS) is 13.2. The monoisotopic (exact) mass is 358 g/mol. The highest BCUT2D eigenvalue weighted by Crippen LogP contribution is 2.29. The molecule has 2 N–H and O–H groups in total. The molecule has 0 spiro atoms. The zero-order valence-electron chi connectivity index (χ0n) is 12.1. The van der Waals surface area contributed by atoms with Crippen molar-refractivity contribution >= 4 is 27.1 Å². The molecule has 0 saturated heterocycles. The summed E-state index contributed by atoms with van der Waals surface area (Å²) in [5.41, 5.74) is -0.912. The molecule has 1 heterocycles. The molecule has 0 bridgehead atoms. The van der Waals surface area contributed by atoms with Crippen LogP contribution in [0.5, 0.6) is 0 Å². The first-order valence-corrected chi connectivity index (χ1v) is 9.19. The molecule has 0 aliphatic carbocycles. The average molecular weight is 358 g/mol. The van der Waals surface area contributed by atoms with Gasteiger partial charge < -0.3 is 10.6 Å². The van der Waals surface area contributed by atoms with Crippen LogP contribution >= 0.6 is 11.3 Å². The minimum absolute atomic E-state index is 0.0540. The number of nitrogens with one attached hydrogen (secondary N) is 2. The number of hydrogen-bond donors (Lipinski definition) is 2. The fourth-order valence-electron chi connectivity index (χ4n) is 1.44. The van der Waals surface area contributed by atoms with E-state index in [1.54, 1.807) is 0 Å². The van der Waals surface area contributed by atoms with Gasteiger partial charge in [0, 0.05) is 25.2 Å². The third-order valence-corrected chi connectivity index (χ3v) is 4.34. The number of alkyl halides is 3. The van der Waals surface area contributed by atoms with Crippen LogP contribution in [0.4, 0.5) is 13.2 Å². The smallest absolute Gasteiger partial charge is 0.356 e. The predicted molar refractivity (Wildman–Crippen MR) is 79.6 cm³/mol. The van der Waals surface area contributed by atoms with Gasteiger partial charge >= 0.3 is 6.18 Å². The zero-order chi connectivity index (χ0) is 16.8. The molecule has 0 aliphatic rings. The highest BCUT2D eigenvalue weighted by Gasteiger charge is 2.33. The number of hydrogen-bond acceptors (Lipinski definition) is 5. The number of rotatable bonds is 6. The number of aliphatic imine (C=N–C) groups is 1. The highest BCUT2D eigenvalue weighted by molar-refractivity contribution is 7.90. The van der Waals surface area contributed by atoms with Gasteiger partial charge in [-0.25, -0.2) is 13.4 Å². The Kier molecular flexibility index (Phi) is 6.60. The lowest BCUT2D eigenvalue weighted by Crippen LogP contribution is -2.37. The first-order valence-electron chi connectivity index (χ1n) is 6.25. The van der Waals surface area contributed by atoms with Gasteiger partial charge in [-0.1, -0.05) is 0 Å². The molecule has 1 aromatic heterocycles. The van der Waals surface area contributed by atoms with E-state index in [1.165, 1.54) is 7.05 Å². The number of aromatic nitrogens is 1. The zero-order valence-corrected chi connectivity index (χ0v) is 13.7. The Morgan fingerprint density at radius 2 is 2.09 bits per heavy atom. The highest BCUT2D eigenvalue weighted by atomic mass is 32.2. The first kappa shape index (κ1) is 18.7. The molecule has 11 heteroatoms. The average Bonchev–Trinajstić information content (AvgIpc) is 2.85. The first-order chi connectivity index (χ1) is 10.1. The fourth-order valence-corrected chi connectivity index (χ4v) is 2.85. The maximum absolute atomic E-state index is 12.4. The van der Waals surface area contributed by atoms with Crippen molar-refractivity contribution in [2.24, 2.45) is 4.99 Å². The Bertz CT molecular complexity index is 611. The van der Waals surface area contributed by atoms with E-state index in [0.29, 0.717) is 18.9 Å². The number of halogens is 3. The van der Waals surface area contributed by atoms with E-state index in [-0.39, 0.29) is 17.3 Å². The van der Waals surface area contributed by atoms with Crippen LogP contribution in [0.2, 0.25) is 0 Å². The Hall–Kier alpha value is -1.36. The molecule has 22 heavy (non-hydrogen) atoms. The van der Waals surface area contributed by atoms with Crippen molar-refractivity contribution in [1.82, 2.24) is 15.6 Å². The molecule has 0 atom stereocenters. The molecule has 1 aromatic rings. The van der Waals surface area contributed by atoms with Crippen molar-refractivity contribution in [1.29, 1.82) is 0 Å². The van der Waals surface area contributed by atoms with E-state index in [4.69, 9.17) is 0 Å². The molecule has 0 aromatic carbocycles. The molecule has 0 radical (unpaired) electrons. The van der Waals surface area contributed by atoms with E-state index >= 15 is 0 Å². The van der Waals surface area contributed by atoms with Crippen LogP contribution in [-0.4, -0.2) is 45.0 Å². The summed E-state index contributed by atoms with van der Waals surface area (Å²) in [6, 6.07) is 0. The van der Waals surface area contributed by atoms with Gasteiger partial charge in [0.15, 0.2) is 11.7 Å². The van der Waals surface area contributed by atoms with Gasteiger partial charge in [0.25, 0.3) is 0 Å². The van der Waals surface area contributed by atoms with Gasteiger partial charge in [-0.3, -0.25) is 4.99 Å². The standard InChI is InChI=1S/C11H17F3N4O2S2/c1-15-10(16-4-3-5-22(2,19)20)17-6-9-18-8(7-21-9)11(12,13)14/h7H,3-6H2,1-2H3,(H2,15,16,17). The van der Waals surface area contributed by atoms with Crippen molar-refractivity contribution in [3.05, 3.63) is 16.1 Å². The summed E-state index contributed by atoms with van der Waals surface area (Å²) < 4.78 is 59.2. The van der Waals surface area contributed by atoms with Gasteiger partial charge in [0.2, 0.25) is 0 Å². The molecule has 1 rings (SSSR count). The van der Waals surface area contributed by atoms with Crippen molar-refractivity contribution in [3.63, 3.8) is 0 Å². The van der Waals surface area contributed by atoms with Gasteiger partial charge in [0.05, 0.1) is 12.3 Å². The van der Waals surface area contributed by atoms with Gasteiger partial charge in [-0.2, -0.15) is 13.2 Å². The second-order valence-electron chi connectivity index (χ2n) is 4.46. The molecule has 126 valence electrons. The number of sulfone groups is 1. The molecule has 0 saturated carbocycles. The number of guanidine groups is 1. The lowest BCUT2D eigenvalue weighted by molar-refractivity contribution is -0.140. The maximum atomic E-state index is 12.4. The predicted octanol–water partition coefficient (Wildman–Crippen LogP) is 1.26. The second-order valence-corrected chi connectivity index (χ2v) is 7.66. The Morgan fingerprint density at radius 1 is 1.41 bits per heavy atom. The molecule has 6 nitrogen and oxygen atoms in total. The largest absolute Gasteiger partial charge is 0.434 e. The van der Waals surface area contributed by atoms with E-state index < -0.39 is 21.7 Å². The molecule has 0 aliphatic heterocycles. The summed E-state index contributed by atoms with van der Waals surface area (Å²) in [6.07, 6.45) is -2.88. The van der Waals surface area contributed by atoms with Crippen molar-refractivity contribution in [3.8, 4) is 0 Å². The minimum Gasteiger partial charge on any atom is -0.356 e. The van der Waals surface area contributed by atoms with Gasteiger partial charge in [-0.15, -0.1) is 11.3 Å². The lowest BCUT2D eigenvalue weighted by atomic mass is 10.5. The van der Waals surface area contributed by atoms with E-state index in [1.807, 2.05) is 0 Å². The topological polar surface area (TPSA) is 83.5 Å². The fraction of sp³-hybridized carbons (Fsp3) is 0.636. The summed E-state index contributed by atoms with van der Waals surface area (Å²) in [5, 5.41) is 6.94. The van der Waals surface area contributed by atoms with Crippen LogP contribution in [0.3, 0.4) is 0 Å². The molecule has 0 fully saturated rings. The Morgan fingerprint density at radius 3 is 2.59 bits per heavy atom. The SMILES string of the molecule is CN=C(NCCCS(C)(=O)=O)NCc1nc(C(F)(F)F)cs1. The van der Waals surface area contributed by atoms with E-state index in [0.717, 1.165) is 23.0 Å². The molecular weight excluding hydrogens is 341 g/mol. The van der Waals surface area contributed by atoms with Gasteiger partial charge in [0.1, 0.15) is 14.8 Å². The van der Waals surface area contributed by atoms with Crippen molar-refractivity contribution in [2.45, 2.75) is 19.1 Å². The van der Waals surface area contributed by atoms with Gasteiger partial charge in [-0.05, 0) is 6.42 Å². The van der Waals surface area contributed by atoms with Crippen molar-refractivity contribution in [2.75, 3.05) is 25.6 Å². The van der Waals surface area contributed by atoms with Crippen LogP contribution in [0, 0.1) is 0 Å². The van der Waals surface area contributed by atoms with Crippen molar-refractivity contribution < 1.29 is 21.6 Å². The minimum atomic E-state index is -4.44. The quantitative estimate of drug-likeness (QED) is 0.454. The summed E-state index contributed by atoms with van der Waals surface area (Å²) in [5.74, 6) is 0.426. The summed E-state index contributed by atoms with van der Waals surface area (Å²) in [4.78, 5) is 7.38. The Balaban J connectivity index is 2.40. The number of thiazole rings is 1. The summed E-state index contributed by atoms with van der Waals surface area (Å²) in [7, 11) is -1.50. The summed E-state index contributed by atoms with van der Waals surface area (Å²) >= 11 is 0.905. The van der Waals surface area contributed by atoms with Crippen LogP contribution in [0.1, 0.15) is 17.1 Å². The Labute approximate surface area is 130 Å². The van der Waals surface area contributed by atoms with E-state index in [9.17, 15) is 21.6 Å². The molecule has 0 unspecified atom stereocenters.